The van der Waals surface area contributed by atoms with Crippen molar-refractivity contribution in [1.82, 2.24) is 4.98 Å². The Morgan fingerprint density at radius 2 is 2.16 bits per heavy atom. The lowest BCUT2D eigenvalue weighted by atomic mass is 10.2. The van der Waals surface area contributed by atoms with Crippen LogP contribution in [-0.2, 0) is 6.54 Å². The Bertz CT molecular complexity index is 619. The standard InChI is InChI=1S/C13H10BrFN2O2/c14-10-5-4-8(6-11(10)15)16-7-9-2-1-3-12(17-9)13(18)19/h1-6,16H,7H2,(H,18,19). The fourth-order valence-electron chi connectivity index (χ4n) is 1.50. The van der Waals surface area contributed by atoms with E-state index in [1.54, 1.807) is 24.3 Å². The summed E-state index contributed by atoms with van der Waals surface area (Å²) in [7, 11) is 0. The van der Waals surface area contributed by atoms with Gasteiger partial charge in [-0.3, -0.25) is 0 Å². The Kier molecular flexibility index (Phi) is 4.11. The average Bonchev–Trinajstić information content (AvgIpc) is 2.40. The van der Waals surface area contributed by atoms with Gasteiger partial charge in [0.15, 0.2) is 0 Å². The van der Waals surface area contributed by atoms with Crippen molar-refractivity contribution < 1.29 is 14.3 Å². The normalized spacial score (nSPS) is 10.2. The summed E-state index contributed by atoms with van der Waals surface area (Å²) in [6.07, 6.45) is 0. The molecule has 0 amide bonds. The Labute approximate surface area is 117 Å². The summed E-state index contributed by atoms with van der Waals surface area (Å²) in [6.45, 7) is 0.322. The number of pyridine rings is 1. The van der Waals surface area contributed by atoms with E-state index in [2.05, 4.69) is 26.2 Å². The first kappa shape index (κ1) is 13.5. The van der Waals surface area contributed by atoms with Gasteiger partial charge < -0.3 is 10.4 Å². The van der Waals surface area contributed by atoms with Crippen LogP contribution in [0.2, 0.25) is 0 Å². The van der Waals surface area contributed by atoms with E-state index >= 15 is 0 Å². The number of anilines is 1. The van der Waals surface area contributed by atoms with E-state index in [4.69, 9.17) is 5.11 Å². The maximum Gasteiger partial charge on any atom is 0.354 e. The number of hydrogen-bond donors (Lipinski definition) is 2. The molecule has 1 aromatic heterocycles. The zero-order valence-corrected chi connectivity index (χ0v) is 11.3. The van der Waals surface area contributed by atoms with Gasteiger partial charge >= 0.3 is 5.97 Å². The summed E-state index contributed by atoms with van der Waals surface area (Å²) in [5.41, 5.74) is 1.16. The van der Waals surface area contributed by atoms with Crippen LogP contribution in [0.5, 0.6) is 0 Å². The second-order valence-electron chi connectivity index (χ2n) is 3.80. The van der Waals surface area contributed by atoms with Crippen molar-refractivity contribution in [2.45, 2.75) is 6.54 Å². The molecule has 0 aliphatic heterocycles. The van der Waals surface area contributed by atoms with Gasteiger partial charge in [-0.25, -0.2) is 14.2 Å². The molecule has 0 bridgehead atoms. The Balaban J connectivity index is 2.07. The minimum atomic E-state index is -1.07. The molecule has 6 heteroatoms. The highest BCUT2D eigenvalue weighted by Gasteiger charge is 2.05. The van der Waals surface area contributed by atoms with Crippen LogP contribution >= 0.6 is 15.9 Å². The molecule has 0 saturated heterocycles. The molecule has 19 heavy (non-hydrogen) atoms. The summed E-state index contributed by atoms with van der Waals surface area (Å²) < 4.78 is 13.7. The highest BCUT2D eigenvalue weighted by Crippen LogP contribution is 2.19. The number of carboxylic acid groups (broad SMARTS) is 1. The SMILES string of the molecule is O=C(O)c1cccc(CNc2ccc(Br)c(F)c2)n1. The predicted molar refractivity (Wildman–Crippen MR) is 72.6 cm³/mol. The zero-order valence-electron chi connectivity index (χ0n) is 9.73. The number of carbonyl (C=O) groups is 1. The van der Waals surface area contributed by atoms with Crippen LogP contribution in [0.1, 0.15) is 16.2 Å². The average molecular weight is 325 g/mol. The van der Waals surface area contributed by atoms with E-state index in [1.807, 2.05) is 0 Å². The number of aromatic nitrogens is 1. The van der Waals surface area contributed by atoms with Gasteiger partial charge in [-0.2, -0.15) is 0 Å². The number of nitrogens with zero attached hydrogens (tertiary/aromatic N) is 1. The quantitative estimate of drug-likeness (QED) is 0.905. The topological polar surface area (TPSA) is 62.2 Å². The summed E-state index contributed by atoms with van der Waals surface area (Å²) in [5, 5.41) is 11.8. The second kappa shape index (κ2) is 5.79. The molecule has 2 aromatic rings. The van der Waals surface area contributed by atoms with Crippen molar-refractivity contribution in [3.63, 3.8) is 0 Å². The van der Waals surface area contributed by atoms with Crippen LogP contribution < -0.4 is 5.32 Å². The van der Waals surface area contributed by atoms with Crippen LogP contribution in [-0.4, -0.2) is 16.1 Å². The molecule has 1 aromatic carbocycles. The van der Waals surface area contributed by atoms with Gasteiger partial charge in [-0.1, -0.05) is 6.07 Å². The minimum absolute atomic E-state index is 0.0127. The highest BCUT2D eigenvalue weighted by atomic mass is 79.9. The van der Waals surface area contributed by atoms with E-state index in [0.29, 0.717) is 22.4 Å². The minimum Gasteiger partial charge on any atom is -0.477 e. The molecule has 2 N–H and O–H groups in total. The molecular weight excluding hydrogens is 315 g/mol. The van der Waals surface area contributed by atoms with E-state index < -0.39 is 5.97 Å². The molecule has 0 atom stereocenters. The highest BCUT2D eigenvalue weighted by molar-refractivity contribution is 9.10. The molecule has 1 heterocycles. The number of halogens is 2. The molecule has 98 valence electrons. The zero-order chi connectivity index (χ0) is 13.8. The Morgan fingerprint density at radius 1 is 1.37 bits per heavy atom. The van der Waals surface area contributed by atoms with Crippen molar-refractivity contribution in [2.75, 3.05) is 5.32 Å². The van der Waals surface area contributed by atoms with Gasteiger partial charge in [0.1, 0.15) is 11.5 Å². The smallest absolute Gasteiger partial charge is 0.354 e. The molecular formula is C13H10BrFN2O2. The fourth-order valence-corrected chi connectivity index (χ4v) is 1.74. The fraction of sp³-hybridized carbons (Fsp3) is 0.0769. The van der Waals surface area contributed by atoms with E-state index in [0.717, 1.165) is 0 Å². The van der Waals surface area contributed by atoms with E-state index in [9.17, 15) is 9.18 Å². The Hall–Kier alpha value is -1.95. The van der Waals surface area contributed by atoms with Gasteiger partial charge in [0.05, 0.1) is 16.7 Å². The molecule has 0 aliphatic carbocycles. The largest absolute Gasteiger partial charge is 0.477 e. The molecule has 0 saturated carbocycles. The first-order chi connectivity index (χ1) is 9.06. The number of hydrogen-bond acceptors (Lipinski definition) is 3. The van der Waals surface area contributed by atoms with Crippen molar-refractivity contribution in [2.24, 2.45) is 0 Å². The molecule has 0 aliphatic rings. The maximum atomic E-state index is 13.3. The first-order valence-electron chi connectivity index (χ1n) is 5.44. The number of carboxylic acids is 1. The monoisotopic (exact) mass is 324 g/mol. The van der Waals surface area contributed by atoms with Gasteiger partial charge in [-0.05, 0) is 46.3 Å². The number of benzene rings is 1. The molecule has 0 fully saturated rings. The predicted octanol–water partition coefficient (Wildman–Crippen LogP) is 3.29. The second-order valence-corrected chi connectivity index (χ2v) is 4.66. The molecule has 0 unspecified atom stereocenters. The Morgan fingerprint density at radius 3 is 2.84 bits per heavy atom. The van der Waals surface area contributed by atoms with Gasteiger partial charge in [-0.15, -0.1) is 0 Å². The van der Waals surface area contributed by atoms with Crippen LogP contribution in [0, 0.1) is 5.82 Å². The van der Waals surface area contributed by atoms with Crippen LogP contribution in [0.25, 0.3) is 0 Å². The van der Waals surface area contributed by atoms with Crippen molar-refractivity contribution >= 4 is 27.6 Å². The van der Waals surface area contributed by atoms with E-state index in [1.165, 1.54) is 12.1 Å². The first-order valence-corrected chi connectivity index (χ1v) is 6.24. The maximum absolute atomic E-state index is 13.3. The summed E-state index contributed by atoms with van der Waals surface area (Å²) in [5.74, 6) is -1.44. The number of aromatic carboxylic acids is 1. The van der Waals surface area contributed by atoms with Crippen molar-refractivity contribution in [1.29, 1.82) is 0 Å². The molecule has 4 nitrogen and oxygen atoms in total. The number of nitrogens with one attached hydrogen (secondary N) is 1. The van der Waals surface area contributed by atoms with Crippen LogP contribution in [0.4, 0.5) is 10.1 Å². The molecule has 2 rings (SSSR count). The molecule has 0 radical (unpaired) electrons. The van der Waals surface area contributed by atoms with Crippen molar-refractivity contribution in [3.05, 3.63) is 58.1 Å². The van der Waals surface area contributed by atoms with Crippen LogP contribution in [0.3, 0.4) is 0 Å². The van der Waals surface area contributed by atoms with Gasteiger partial charge in [0.2, 0.25) is 0 Å². The summed E-state index contributed by atoms with van der Waals surface area (Å²) >= 11 is 3.07. The summed E-state index contributed by atoms with van der Waals surface area (Å²) in [4.78, 5) is 14.7. The molecule has 0 spiro atoms. The summed E-state index contributed by atoms with van der Waals surface area (Å²) in [6, 6.07) is 9.41. The van der Waals surface area contributed by atoms with Crippen molar-refractivity contribution in [3.8, 4) is 0 Å². The number of rotatable bonds is 4. The van der Waals surface area contributed by atoms with Gasteiger partial charge in [0.25, 0.3) is 0 Å². The third kappa shape index (κ3) is 3.51. The lowest BCUT2D eigenvalue weighted by Crippen LogP contribution is -2.06. The van der Waals surface area contributed by atoms with Gasteiger partial charge in [0, 0.05) is 5.69 Å². The lowest BCUT2D eigenvalue weighted by Gasteiger charge is -2.07. The lowest BCUT2D eigenvalue weighted by molar-refractivity contribution is 0.0690. The van der Waals surface area contributed by atoms with E-state index in [-0.39, 0.29) is 11.5 Å². The third-order valence-electron chi connectivity index (χ3n) is 2.42. The third-order valence-corrected chi connectivity index (χ3v) is 3.06. The van der Waals surface area contributed by atoms with Crippen LogP contribution in [0.15, 0.2) is 40.9 Å².